The van der Waals surface area contributed by atoms with Crippen LogP contribution >= 0.6 is 0 Å². The molecule has 0 unspecified atom stereocenters. The molecule has 0 aliphatic heterocycles. The number of hydrogen-bond acceptors (Lipinski definition) is 2. The van der Waals surface area contributed by atoms with Crippen LogP contribution in [0.1, 0.15) is 17.2 Å². The molecule has 1 N–H and O–H groups in total. The number of aliphatic hydroxyl groups is 1. The van der Waals surface area contributed by atoms with Crippen LogP contribution in [-0.4, -0.2) is 5.11 Å². The van der Waals surface area contributed by atoms with Gasteiger partial charge in [-0.05, 0) is 17.7 Å². The van der Waals surface area contributed by atoms with Gasteiger partial charge in [-0.2, -0.15) is 18.4 Å². The maximum absolute atomic E-state index is 12.1. The van der Waals surface area contributed by atoms with Crippen LogP contribution in [0.5, 0.6) is 0 Å². The molecule has 0 heterocycles. The second-order valence-corrected chi connectivity index (χ2v) is 2.65. The fourth-order valence-electron chi connectivity index (χ4n) is 0.929. The molecule has 0 saturated heterocycles. The first-order valence-corrected chi connectivity index (χ1v) is 3.70. The summed E-state index contributed by atoms with van der Waals surface area (Å²) in [4.78, 5) is 0. The Morgan fingerprint density at radius 3 is 2.07 bits per heavy atom. The van der Waals surface area contributed by atoms with Gasteiger partial charge in [0, 0.05) is 0 Å². The highest BCUT2D eigenvalue weighted by molar-refractivity contribution is 5.28. The van der Waals surface area contributed by atoms with Crippen LogP contribution in [0.2, 0.25) is 0 Å². The number of alkyl halides is 3. The van der Waals surface area contributed by atoms with Crippen molar-refractivity contribution in [2.24, 2.45) is 0 Å². The van der Waals surface area contributed by atoms with E-state index in [9.17, 15) is 13.2 Å². The van der Waals surface area contributed by atoms with E-state index in [1.165, 1.54) is 6.07 Å². The van der Waals surface area contributed by atoms with E-state index in [1.807, 2.05) is 0 Å². The summed E-state index contributed by atoms with van der Waals surface area (Å²) in [6.07, 6.45) is -5.77. The van der Waals surface area contributed by atoms with Crippen molar-refractivity contribution in [3.8, 4) is 6.07 Å². The fraction of sp³-hybridized carbons (Fsp3) is 0.222. The summed E-state index contributed by atoms with van der Waals surface area (Å²) in [5, 5.41) is 17.3. The maximum atomic E-state index is 12.1. The van der Waals surface area contributed by atoms with Crippen LogP contribution in [0, 0.1) is 11.3 Å². The predicted octanol–water partition coefficient (Wildman–Crippen LogP) is 2.26. The third-order valence-electron chi connectivity index (χ3n) is 1.68. The first-order chi connectivity index (χ1) is 6.45. The molecule has 2 nitrogen and oxygen atoms in total. The van der Waals surface area contributed by atoms with Crippen molar-refractivity contribution in [1.82, 2.24) is 0 Å². The molecule has 0 saturated carbocycles. The lowest BCUT2D eigenvalue weighted by Crippen LogP contribution is -2.05. The summed E-state index contributed by atoms with van der Waals surface area (Å²) >= 11 is 0. The molecule has 5 heteroatoms. The second-order valence-electron chi connectivity index (χ2n) is 2.65. The van der Waals surface area contributed by atoms with Gasteiger partial charge in [-0.1, -0.05) is 12.1 Å². The number of benzene rings is 1. The first kappa shape index (κ1) is 10.5. The zero-order valence-electron chi connectivity index (χ0n) is 6.92. The minimum atomic E-state index is -4.39. The summed E-state index contributed by atoms with van der Waals surface area (Å²) in [5.74, 6) is 0. The van der Waals surface area contributed by atoms with E-state index in [-0.39, 0.29) is 5.56 Å². The van der Waals surface area contributed by atoms with Crippen molar-refractivity contribution < 1.29 is 18.3 Å². The number of halogens is 3. The molecule has 1 atom stereocenters. The summed E-state index contributed by atoms with van der Waals surface area (Å²) in [6, 6.07) is 5.33. The van der Waals surface area contributed by atoms with Gasteiger partial charge in [-0.15, -0.1) is 0 Å². The Bertz CT molecular complexity index is 350. The van der Waals surface area contributed by atoms with Gasteiger partial charge in [-0.3, -0.25) is 0 Å². The Balaban J connectivity index is 2.96. The molecular weight excluding hydrogens is 195 g/mol. The van der Waals surface area contributed by atoms with E-state index in [0.717, 1.165) is 24.3 Å². The smallest absolute Gasteiger partial charge is 0.374 e. The van der Waals surface area contributed by atoms with Crippen molar-refractivity contribution in [3.05, 3.63) is 35.4 Å². The van der Waals surface area contributed by atoms with E-state index < -0.39 is 17.8 Å². The second kappa shape index (κ2) is 3.68. The molecule has 0 amide bonds. The fourth-order valence-corrected chi connectivity index (χ4v) is 0.929. The topological polar surface area (TPSA) is 44.0 Å². The molecule has 0 spiro atoms. The molecule has 74 valence electrons. The van der Waals surface area contributed by atoms with E-state index in [4.69, 9.17) is 10.4 Å². The lowest BCUT2D eigenvalue weighted by molar-refractivity contribution is -0.137. The van der Waals surface area contributed by atoms with Crippen molar-refractivity contribution in [2.75, 3.05) is 0 Å². The SMILES string of the molecule is N#C[C@@H](O)c1ccc(C(F)(F)F)cc1. The Morgan fingerprint density at radius 1 is 1.21 bits per heavy atom. The Morgan fingerprint density at radius 2 is 1.71 bits per heavy atom. The quantitative estimate of drug-likeness (QED) is 0.708. The normalized spacial score (nSPS) is 13.4. The van der Waals surface area contributed by atoms with Crippen molar-refractivity contribution in [2.45, 2.75) is 12.3 Å². The third-order valence-corrected chi connectivity index (χ3v) is 1.68. The Hall–Kier alpha value is -1.54. The summed E-state index contributed by atoms with van der Waals surface area (Å²) in [7, 11) is 0. The maximum Gasteiger partial charge on any atom is 0.416 e. The van der Waals surface area contributed by atoms with E-state index in [0.29, 0.717) is 0 Å². The van der Waals surface area contributed by atoms with Gasteiger partial charge >= 0.3 is 6.18 Å². The molecule has 0 aliphatic carbocycles. The Kier molecular flexibility index (Phi) is 2.77. The number of nitrogens with zero attached hydrogens (tertiary/aromatic N) is 1. The van der Waals surface area contributed by atoms with E-state index in [2.05, 4.69) is 0 Å². The molecule has 0 fully saturated rings. The summed E-state index contributed by atoms with van der Waals surface area (Å²) in [6.45, 7) is 0. The van der Waals surface area contributed by atoms with Gasteiger partial charge < -0.3 is 5.11 Å². The Labute approximate surface area is 78.2 Å². The lowest BCUT2D eigenvalue weighted by Gasteiger charge is -2.07. The van der Waals surface area contributed by atoms with E-state index in [1.54, 1.807) is 0 Å². The highest BCUT2D eigenvalue weighted by Crippen LogP contribution is 2.29. The van der Waals surface area contributed by atoms with Crippen LogP contribution in [-0.2, 0) is 6.18 Å². The van der Waals surface area contributed by atoms with Crippen LogP contribution in [0.4, 0.5) is 13.2 Å². The zero-order valence-corrected chi connectivity index (χ0v) is 6.92. The van der Waals surface area contributed by atoms with Crippen LogP contribution < -0.4 is 0 Å². The standard InChI is InChI=1S/C9H6F3NO/c10-9(11,12)7-3-1-6(2-4-7)8(14)5-13/h1-4,8,14H/t8-/m1/s1. The number of nitriles is 1. The highest BCUT2D eigenvalue weighted by Gasteiger charge is 2.30. The molecule has 14 heavy (non-hydrogen) atoms. The molecule has 0 bridgehead atoms. The summed E-state index contributed by atoms with van der Waals surface area (Å²) < 4.78 is 36.2. The monoisotopic (exact) mass is 201 g/mol. The van der Waals surface area contributed by atoms with Crippen molar-refractivity contribution >= 4 is 0 Å². The van der Waals surface area contributed by atoms with Gasteiger partial charge in [0.1, 0.15) is 0 Å². The molecule has 0 radical (unpaired) electrons. The molecule has 0 aromatic heterocycles. The van der Waals surface area contributed by atoms with Crippen molar-refractivity contribution in [1.29, 1.82) is 5.26 Å². The predicted molar refractivity (Wildman–Crippen MR) is 42.0 cm³/mol. The number of aliphatic hydroxyl groups excluding tert-OH is 1. The highest BCUT2D eigenvalue weighted by atomic mass is 19.4. The minimum Gasteiger partial charge on any atom is -0.374 e. The lowest BCUT2D eigenvalue weighted by atomic mass is 10.1. The van der Waals surface area contributed by atoms with Crippen LogP contribution in [0.15, 0.2) is 24.3 Å². The van der Waals surface area contributed by atoms with Crippen LogP contribution in [0.25, 0.3) is 0 Å². The minimum absolute atomic E-state index is 0.153. The molecular formula is C9H6F3NO. The van der Waals surface area contributed by atoms with Gasteiger partial charge in [-0.25, -0.2) is 0 Å². The average molecular weight is 201 g/mol. The van der Waals surface area contributed by atoms with Gasteiger partial charge in [0.15, 0.2) is 6.10 Å². The molecule has 1 aromatic carbocycles. The van der Waals surface area contributed by atoms with Crippen molar-refractivity contribution in [3.63, 3.8) is 0 Å². The van der Waals surface area contributed by atoms with Gasteiger partial charge in [0.25, 0.3) is 0 Å². The third kappa shape index (κ3) is 2.24. The van der Waals surface area contributed by atoms with Gasteiger partial charge in [0.05, 0.1) is 11.6 Å². The zero-order chi connectivity index (χ0) is 10.8. The summed E-state index contributed by atoms with van der Waals surface area (Å²) in [5.41, 5.74) is -0.646. The number of rotatable bonds is 1. The molecule has 0 aliphatic rings. The van der Waals surface area contributed by atoms with Gasteiger partial charge in [0.2, 0.25) is 0 Å². The van der Waals surface area contributed by atoms with Crippen LogP contribution in [0.3, 0.4) is 0 Å². The first-order valence-electron chi connectivity index (χ1n) is 3.70. The average Bonchev–Trinajstić information content (AvgIpc) is 2.15. The number of hydrogen-bond donors (Lipinski definition) is 1. The largest absolute Gasteiger partial charge is 0.416 e. The molecule has 1 rings (SSSR count). The van der Waals surface area contributed by atoms with E-state index >= 15 is 0 Å². The molecule has 1 aromatic rings.